The largest absolute Gasteiger partial charge is 0.455 e. The van der Waals surface area contributed by atoms with Gasteiger partial charge in [0.1, 0.15) is 22.8 Å². The van der Waals surface area contributed by atoms with Gasteiger partial charge in [0.25, 0.3) is 0 Å². The molecule has 0 spiro atoms. The van der Waals surface area contributed by atoms with E-state index in [1.165, 1.54) is 21.9 Å². The Kier molecular flexibility index (Phi) is 6.85. The van der Waals surface area contributed by atoms with Gasteiger partial charge in [-0.25, -0.2) is 9.98 Å². The molecule has 1 aliphatic heterocycles. The van der Waals surface area contributed by atoms with Crippen molar-refractivity contribution in [3.8, 4) is 22.3 Å². The molecule has 0 amide bonds. The number of hydrogen-bond acceptors (Lipinski definition) is 4. The second-order valence-electron chi connectivity index (χ2n) is 13.0. The molecule has 10 rings (SSSR count). The van der Waals surface area contributed by atoms with Crippen molar-refractivity contribution in [1.29, 1.82) is 0 Å². The maximum Gasteiger partial charge on any atom is 0.169 e. The third-order valence-electron chi connectivity index (χ3n) is 9.89. The van der Waals surface area contributed by atoms with Crippen LogP contribution in [0.25, 0.3) is 65.7 Å². The minimum Gasteiger partial charge on any atom is -0.455 e. The van der Waals surface area contributed by atoms with E-state index in [-0.39, 0.29) is 0 Å². The summed E-state index contributed by atoms with van der Waals surface area (Å²) in [7, 11) is 0. The summed E-state index contributed by atoms with van der Waals surface area (Å²) in [4.78, 5) is 10.6. The average molecular weight is 654 g/mol. The van der Waals surface area contributed by atoms with Crippen LogP contribution < -0.4 is 5.32 Å². The van der Waals surface area contributed by atoms with Gasteiger partial charge in [-0.1, -0.05) is 152 Å². The smallest absolute Gasteiger partial charge is 0.169 e. The Hall–Kier alpha value is -6.78. The van der Waals surface area contributed by atoms with E-state index in [4.69, 9.17) is 14.4 Å². The molecule has 4 heteroatoms. The summed E-state index contributed by atoms with van der Waals surface area (Å²) in [5.41, 5.74) is 9.30. The number of para-hydroxylation sites is 1. The van der Waals surface area contributed by atoms with Crippen molar-refractivity contribution < 1.29 is 4.42 Å². The molecule has 8 aromatic carbocycles. The van der Waals surface area contributed by atoms with Crippen molar-refractivity contribution >= 4 is 55.2 Å². The van der Waals surface area contributed by atoms with E-state index < -0.39 is 6.17 Å². The minimum atomic E-state index is -0.450. The van der Waals surface area contributed by atoms with Gasteiger partial charge in [0.15, 0.2) is 6.17 Å². The standard InChI is InChI=1S/C47H31N3O/c1-3-11-30(12-4-1)34-22-23-36-29-38(26-24-35(36)27-34)46-48-45(37-25-21-31-13-7-8-16-33(31)28-37)49-47(50-46)41-19-10-20-42-43(41)40-18-9-17-39(44(40)51-42)32-14-5-2-6-15-32/h1-29,46H,(H,48,49,50). The molecule has 0 saturated heterocycles. The van der Waals surface area contributed by atoms with Gasteiger partial charge in [0.2, 0.25) is 0 Å². The van der Waals surface area contributed by atoms with Crippen molar-refractivity contribution in [2.24, 2.45) is 9.98 Å². The number of benzene rings is 8. The summed E-state index contributed by atoms with van der Waals surface area (Å²) in [6.45, 7) is 0. The Morgan fingerprint density at radius 3 is 1.92 bits per heavy atom. The van der Waals surface area contributed by atoms with Crippen LogP contribution in [0.4, 0.5) is 0 Å². The lowest BCUT2D eigenvalue weighted by Crippen LogP contribution is -2.36. The highest BCUT2D eigenvalue weighted by molar-refractivity contribution is 6.24. The van der Waals surface area contributed by atoms with Crippen molar-refractivity contribution in [3.05, 3.63) is 193 Å². The molecular weight excluding hydrogens is 623 g/mol. The van der Waals surface area contributed by atoms with Crippen LogP contribution in [0.15, 0.2) is 190 Å². The molecule has 1 aromatic heterocycles. The molecule has 1 N–H and O–H groups in total. The first-order chi connectivity index (χ1) is 25.2. The number of rotatable bonds is 5. The lowest BCUT2D eigenvalue weighted by molar-refractivity contribution is 0.670. The number of nitrogens with one attached hydrogen (secondary N) is 1. The minimum absolute atomic E-state index is 0.450. The van der Waals surface area contributed by atoms with Crippen LogP contribution >= 0.6 is 0 Å². The molecule has 1 aliphatic rings. The highest BCUT2D eigenvalue weighted by Crippen LogP contribution is 2.38. The van der Waals surface area contributed by atoms with Crippen molar-refractivity contribution in [2.75, 3.05) is 0 Å². The molecule has 240 valence electrons. The van der Waals surface area contributed by atoms with Gasteiger partial charge >= 0.3 is 0 Å². The zero-order valence-corrected chi connectivity index (χ0v) is 27.6. The Morgan fingerprint density at radius 1 is 0.431 bits per heavy atom. The molecule has 0 aliphatic carbocycles. The van der Waals surface area contributed by atoms with E-state index in [2.05, 4.69) is 163 Å². The fraction of sp³-hybridized carbons (Fsp3) is 0.0213. The van der Waals surface area contributed by atoms with Gasteiger partial charge in [0, 0.05) is 27.5 Å². The van der Waals surface area contributed by atoms with Gasteiger partial charge in [-0.3, -0.25) is 0 Å². The Morgan fingerprint density at radius 2 is 1.06 bits per heavy atom. The number of amidine groups is 2. The van der Waals surface area contributed by atoms with Crippen molar-refractivity contribution in [2.45, 2.75) is 6.17 Å². The van der Waals surface area contributed by atoms with E-state index in [0.717, 1.165) is 72.2 Å². The van der Waals surface area contributed by atoms with Crippen LogP contribution in [-0.2, 0) is 0 Å². The Labute approximate surface area is 295 Å². The summed E-state index contributed by atoms with van der Waals surface area (Å²) in [5, 5.41) is 10.4. The number of fused-ring (bicyclic) bond motifs is 5. The molecule has 2 heterocycles. The lowest BCUT2D eigenvalue weighted by atomic mass is 9.98. The molecule has 1 atom stereocenters. The molecule has 1 unspecified atom stereocenters. The third kappa shape index (κ3) is 5.17. The predicted molar refractivity (Wildman–Crippen MR) is 211 cm³/mol. The molecule has 4 nitrogen and oxygen atoms in total. The zero-order valence-electron chi connectivity index (χ0n) is 27.6. The number of nitrogens with zero attached hydrogens (tertiary/aromatic N) is 2. The van der Waals surface area contributed by atoms with Gasteiger partial charge in [-0.05, 0) is 68.1 Å². The molecule has 9 aromatic rings. The Balaban J connectivity index is 1.13. The number of aliphatic imine (C=N–C) groups is 2. The normalized spacial score (nSPS) is 14.5. The van der Waals surface area contributed by atoms with Crippen LogP contribution in [0.2, 0.25) is 0 Å². The fourth-order valence-corrected chi connectivity index (χ4v) is 7.34. The van der Waals surface area contributed by atoms with Crippen molar-refractivity contribution in [1.82, 2.24) is 5.32 Å². The fourth-order valence-electron chi connectivity index (χ4n) is 7.34. The molecule has 0 bridgehead atoms. The van der Waals surface area contributed by atoms with E-state index in [1.54, 1.807) is 0 Å². The van der Waals surface area contributed by atoms with Gasteiger partial charge in [-0.15, -0.1) is 0 Å². The average Bonchev–Trinajstić information content (AvgIpc) is 3.60. The number of furan rings is 1. The van der Waals surface area contributed by atoms with Gasteiger partial charge < -0.3 is 9.73 Å². The highest BCUT2D eigenvalue weighted by Gasteiger charge is 2.24. The van der Waals surface area contributed by atoms with E-state index in [1.807, 2.05) is 18.2 Å². The highest BCUT2D eigenvalue weighted by atomic mass is 16.3. The third-order valence-corrected chi connectivity index (χ3v) is 9.89. The van der Waals surface area contributed by atoms with Crippen LogP contribution in [0.1, 0.15) is 22.9 Å². The first kappa shape index (κ1) is 29.2. The molecule has 51 heavy (non-hydrogen) atoms. The SMILES string of the molecule is c1ccc(-c2ccc3cc(C4N=C(c5ccc6ccccc6c5)NC(c5cccc6oc7c(-c8ccccc8)cccc7c56)=N4)ccc3c2)cc1. The summed E-state index contributed by atoms with van der Waals surface area (Å²) in [5.74, 6) is 1.54. The Bertz CT molecular complexity index is 2830. The maximum absolute atomic E-state index is 6.62. The summed E-state index contributed by atoms with van der Waals surface area (Å²) < 4.78 is 6.62. The molecule has 0 saturated carbocycles. The predicted octanol–water partition coefficient (Wildman–Crippen LogP) is 11.7. The lowest BCUT2D eigenvalue weighted by Gasteiger charge is -2.23. The number of hydrogen-bond donors (Lipinski definition) is 1. The first-order valence-corrected chi connectivity index (χ1v) is 17.3. The summed E-state index contributed by atoms with van der Waals surface area (Å²) >= 11 is 0. The van der Waals surface area contributed by atoms with Crippen molar-refractivity contribution in [3.63, 3.8) is 0 Å². The van der Waals surface area contributed by atoms with E-state index in [9.17, 15) is 0 Å². The van der Waals surface area contributed by atoms with E-state index >= 15 is 0 Å². The van der Waals surface area contributed by atoms with E-state index in [0.29, 0.717) is 0 Å². The first-order valence-electron chi connectivity index (χ1n) is 17.3. The monoisotopic (exact) mass is 653 g/mol. The topological polar surface area (TPSA) is 49.9 Å². The van der Waals surface area contributed by atoms with Gasteiger partial charge in [-0.2, -0.15) is 0 Å². The zero-order chi connectivity index (χ0) is 33.7. The molecular formula is C47H31N3O. The maximum atomic E-state index is 6.62. The summed E-state index contributed by atoms with van der Waals surface area (Å²) in [6, 6.07) is 61.6. The van der Waals surface area contributed by atoms with Crippen LogP contribution in [-0.4, -0.2) is 11.7 Å². The summed E-state index contributed by atoms with van der Waals surface area (Å²) in [6.07, 6.45) is -0.450. The quantitative estimate of drug-likeness (QED) is 0.201. The van der Waals surface area contributed by atoms with Gasteiger partial charge in [0.05, 0.1) is 0 Å². The van der Waals surface area contributed by atoms with Crippen LogP contribution in [0.3, 0.4) is 0 Å². The van der Waals surface area contributed by atoms with Crippen LogP contribution in [0, 0.1) is 0 Å². The molecule has 0 fully saturated rings. The molecule has 0 radical (unpaired) electrons. The van der Waals surface area contributed by atoms with Crippen LogP contribution in [0.5, 0.6) is 0 Å². The second-order valence-corrected chi connectivity index (χ2v) is 13.0. The second kappa shape index (κ2) is 12.0.